The summed E-state index contributed by atoms with van der Waals surface area (Å²) in [7, 11) is 0. The molecule has 0 aliphatic heterocycles. The van der Waals surface area contributed by atoms with Crippen molar-refractivity contribution in [3.63, 3.8) is 0 Å². The highest BCUT2D eigenvalue weighted by atomic mass is 16.3. The van der Waals surface area contributed by atoms with Crippen molar-refractivity contribution in [2.75, 3.05) is 0 Å². The van der Waals surface area contributed by atoms with Crippen LogP contribution in [-0.2, 0) is 0 Å². The minimum absolute atomic E-state index is 0.437. The molecule has 2 nitrogen and oxygen atoms in total. The third-order valence-corrected chi connectivity index (χ3v) is 1.55. The van der Waals surface area contributed by atoms with Gasteiger partial charge in [-0.25, -0.2) is 0 Å². The highest BCUT2D eigenvalue weighted by molar-refractivity contribution is 5.35. The van der Waals surface area contributed by atoms with E-state index in [1.54, 1.807) is 12.2 Å². The largest absolute Gasteiger partial charge is 0.145 e. The molecular weight excluding hydrogens is 138 g/mol. The number of hydrogen-bond acceptors (Lipinski definition) is 2. The highest BCUT2D eigenvalue weighted by Gasteiger charge is 1.97. The van der Waals surface area contributed by atoms with Crippen molar-refractivity contribution in [2.45, 2.75) is 19.8 Å². The van der Waals surface area contributed by atoms with E-state index in [-0.39, 0.29) is 0 Å². The van der Waals surface area contributed by atoms with Crippen LogP contribution in [0.3, 0.4) is 0 Å². The lowest BCUT2D eigenvalue weighted by atomic mass is 10.1. The Balaban J connectivity index is 2.89. The lowest BCUT2D eigenvalue weighted by molar-refractivity contribution is 1.04. The monoisotopic (exact) mass is 147 g/mol. The van der Waals surface area contributed by atoms with Crippen LogP contribution in [0.15, 0.2) is 28.6 Å². The molecule has 0 fully saturated rings. The fraction of sp³-hybridized carbons (Fsp3) is 0.333. The zero-order valence-corrected chi connectivity index (χ0v) is 6.42. The Morgan fingerprint density at radius 2 is 2.55 bits per heavy atom. The van der Waals surface area contributed by atoms with E-state index in [0.717, 1.165) is 12.8 Å². The second kappa shape index (κ2) is 3.72. The molecule has 11 heavy (non-hydrogen) atoms. The summed E-state index contributed by atoms with van der Waals surface area (Å²) in [6, 6.07) is 0. The van der Waals surface area contributed by atoms with Gasteiger partial charge in [-0.2, -0.15) is 0 Å². The van der Waals surface area contributed by atoms with Crippen LogP contribution in [0.2, 0.25) is 0 Å². The van der Waals surface area contributed by atoms with Gasteiger partial charge in [0.1, 0.15) is 5.70 Å². The van der Waals surface area contributed by atoms with Gasteiger partial charge in [-0.3, -0.25) is 0 Å². The number of hydrogen-bond donors (Lipinski definition) is 0. The van der Waals surface area contributed by atoms with Gasteiger partial charge in [0.05, 0.1) is 0 Å². The van der Waals surface area contributed by atoms with Gasteiger partial charge in [-0.05, 0) is 17.7 Å². The van der Waals surface area contributed by atoms with Gasteiger partial charge in [0.25, 0.3) is 0 Å². The Morgan fingerprint density at radius 1 is 1.73 bits per heavy atom. The van der Waals surface area contributed by atoms with Crippen LogP contribution in [0.5, 0.6) is 0 Å². The second-order valence-electron chi connectivity index (χ2n) is 2.31. The fourth-order valence-corrected chi connectivity index (χ4v) is 0.871. The van der Waals surface area contributed by atoms with Crippen LogP contribution in [0.1, 0.15) is 19.8 Å². The second-order valence-corrected chi connectivity index (χ2v) is 2.31. The smallest absolute Gasteiger partial charge is 0.116 e. The van der Waals surface area contributed by atoms with Crippen LogP contribution < -0.4 is 0 Å². The van der Waals surface area contributed by atoms with E-state index in [2.05, 4.69) is 17.0 Å². The molecule has 0 amide bonds. The molecular formula is C9H9NO. The molecule has 0 radical (unpaired) electrons. The average molecular weight is 147 g/mol. The maximum absolute atomic E-state index is 10.1. The zero-order chi connectivity index (χ0) is 8.10. The molecule has 2 heteroatoms. The van der Waals surface area contributed by atoms with E-state index in [9.17, 15) is 4.91 Å². The summed E-state index contributed by atoms with van der Waals surface area (Å²) in [5.41, 5.74) is 1.60. The summed E-state index contributed by atoms with van der Waals surface area (Å²) in [6.07, 6.45) is 5.03. The first kappa shape index (κ1) is 7.74. The van der Waals surface area contributed by atoms with Gasteiger partial charge in [-0.15, -0.1) is 4.91 Å². The Morgan fingerprint density at radius 3 is 3.18 bits per heavy atom. The van der Waals surface area contributed by atoms with Gasteiger partial charge in [0.2, 0.25) is 0 Å². The van der Waals surface area contributed by atoms with Gasteiger partial charge >= 0.3 is 0 Å². The van der Waals surface area contributed by atoms with Crippen LogP contribution in [-0.4, -0.2) is 0 Å². The van der Waals surface area contributed by atoms with Crippen LogP contribution in [0, 0.1) is 16.7 Å². The molecule has 0 aromatic carbocycles. The molecule has 0 saturated carbocycles. The lowest BCUT2D eigenvalue weighted by Crippen LogP contribution is -1.78. The van der Waals surface area contributed by atoms with Crippen molar-refractivity contribution in [3.8, 4) is 11.8 Å². The van der Waals surface area contributed by atoms with Crippen LogP contribution in [0.25, 0.3) is 0 Å². The van der Waals surface area contributed by atoms with Gasteiger partial charge in [0, 0.05) is 12.5 Å². The summed E-state index contributed by atoms with van der Waals surface area (Å²) in [5, 5.41) is 2.84. The summed E-state index contributed by atoms with van der Waals surface area (Å²) >= 11 is 0. The van der Waals surface area contributed by atoms with E-state index >= 15 is 0 Å². The van der Waals surface area contributed by atoms with Crippen molar-refractivity contribution in [3.05, 3.63) is 28.3 Å². The third-order valence-electron chi connectivity index (χ3n) is 1.55. The quantitative estimate of drug-likeness (QED) is 0.435. The van der Waals surface area contributed by atoms with Crippen molar-refractivity contribution in [2.24, 2.45) is 5.18 Å². The summed E-state index contributed by atoms with van der Waals surface area (Å²) in [6.45, 7) is 2.04. The predicted molar refractivity (Wildman–Crippen MR) is 44.6 cm³/mol. The molecule has 0 bridgehead atoms. The Labute approximate surface area is 66.0 Å². The first-order valence-electron chi connectivity index (χ1n) is 3.58. The standard InChI is InChI=1S/C9H9NO/c1-2-8-5-3-4-6-9(7-8)10-11/h6-7H,2,5H2,1H3. The Hall–Kier alpha value is -1.36. The minimum Gasteiger partial charge on any atom is -0.145 e. The average Bonchev–Trinajstić information content (AvgIpc) is 2.28. The summed E-state index contributed by atoms with van der Waals surface area (Å²) in [4.78, 5) is 10.1. The molecule has 0 aromatic heterocycles. The fourth-order valence-electron chi connectivity index (χ4n) is 0.871. The molecule has 1 rings (SSSR count). The van der Waals surface area contributed by atoms with E-state index in [0.29, 0.717) is 5.70 Å². The number of rotatable bonds is 2. The van der Waals surface area contributed by atoms with E-state index in [1.807, 2.05) is 6.92 Å². The van der Waals surface area contributed by atoms with Gasteiger partial charge in [0.15, 0.2) is 0 Å². The Kier molecular flexibility index (Phi) is 2.62. The maximum Gasteiger partial charge on any atom is 0.116 e. The normalized spacial score (nSPS) is 15.4. The zero-order valence-electron chi connectivity index (χ0n) is 6.42. The minimum atomic E-state index is 0.437. The van der Waals surface area contributed by atoms with E-state index in [4.69, 9.17) is 0 Å². The van der Waals surface area contributed by atoms with E-state index < -0.39 is 0 Å². The van der Waals surface area contributed by atoms with Crippen molar-refractivity contribution >= 4 is 0 Å². The number of nitroso groups, excluding NO2 is 1. The lowest BCUT2D eigenvalue weighted by Gasteiger charge is -1.94. The molecule has 0 atom stereocenters. The van der Waals surface area contributed by atoms with Crippen molar-refractivity contribution < 1.29 is 0 Å². The molecule has 0 unspecified atom stereocenters. The molecule has 1 aliphatic carbocycles. The third kappa shape index (κ3) is 2.05. The van der Waals surface area contributed by atoms with Gasteiger partial charge in [-0.1, -0.05) is 24.3 Å². The molecule has 0 spiro atoms. The first-order chi connectivity index (χ1) is 5.36. The van der Waals surface area contributed by atoms with Gasteiger partial charge < -0.3 is 0 Å². The molecule has 0 aromatic rings. The topological polar surface area (TPSA) is 29.4 Å². The molecule has 1 aliphatic rings. The molecule has 0 saturated heterocycles. The Bertz CT molecular complexity index is 276. The highest BCUT2D eigenvalue weighted by Crippen LogP contribution is 2.12. The maximum atomic E-state index is 10.1. The van der Waals surface area contributed by atoms with Crippen LogP contribution >= 0.6 is 0 Å². The molecule has 56 valence electrons. The molecule has 0 N–H and O–H groups in total. The SMILES string of the molecule is CCC1=CC(N=O)=CC#CC1. The predicted octanol–water partition coefficient (Wildman–Crippen LogP) is 2.38. The van der Waals surface area contributed by atoms with Crippen LogP contribution in [0.4, 0.5) is 0 Å². The number of nitrogens with zero attached hydrogens (tertiary/aromatic N) is 1. The van der Waals surface area contributed by atoms with Crippen molar-refractivity contribution in [1.82, 2.24) is 0 Å². The molecule has 0 heterocycles. The summed E-state index contributed by atoms with van der Waals surface area (Å²) in [5.74, 6) is 5.67. The van der Waals surface area contributed by atoms with Crippen molar-refractivity contribution in [1.29, 1.82) is 0 Å². The number of allylic oxidation sites excluding steroid dienone is 3. The van der Waals surface area contributed by atoms with E-state index in [1.165, 1.54) is 5.57 Å². The summed E-state index contributed by atoms with van der Waals surface area (Å²) < 4.78 is 0. The first-order valence-corrected chi connectivity index (χ1v) is 3.58.